The van der Waals surface area contributed by atoms with Gasteiger partial charge in [-0.2, -0.15) is 0 Å². The molecule has 50 heavy (non-hydrogen) atoms. The maximum absolute atomic E-state index is 5.03. The molecule has 5 aromatic carbocycles. The zero-order valence-electron chi connectivity index (χ0n) is 27.0. The Balaban J connectivity index is 1.17. The molecule has 0 aliphatic carbocycles. The molecule has 0 N–H and O–H groups in total. The maximum Gasteiger partial charge on any atom is 0.0915 e. The van der Waals surface area contributed by atoms with Gasteiger partial charge in [-0.15, -0.1) is 0 Å². The van der Waals surface area contributed by atoms with Crippen molar-refractivity contribution >= 4 is 43.6 Å². The number of hydrogen-bond donors (Lipinski definition) is 0. The third-order valence-electron chi connectivity index (χ3n) is 9.62. The lowest BCUT2D eigenvalue weighted by Gasteiger charge is -2.13. The molecule has 0 fully saturated rings. The highest BCUT2D eigenvalue weighted by atomic mass is 15.0. The Bertz CT molecular complexity index is 2800. The normalized spacial score (nSPS) is 11.6. The van der Waals surface area contributed by atoms with Crippen LogP contribution in [0.3, 0.4) is 0 Å². The summed E-state index contributed by atoms with van der Waals surface area (Å²) in [7, 11) is 0. The lowest BCUT2D eigenvalue weighted by molar-refractivity contribution is 1.14. The molecule has 0 saturated heterocycles. The molecule has 0 atom stereocenters. The summed E-state index contributed by atoms with van der Waals surface area (Å²) in [6, 6.07) is 57.7. The van der Waals surface area contributed by atoms with Crippen LogP contribution in [-0.2, 0) is 0 Å². The van der Waals surface area contributed by atoms with Gasteiger partial charge in [-0.05, 0) is 96.1 Å². The van der Waals surface area contributed by atoms with Crippen molar-refractivity contribution in [2.75, 3.05) is 0 Å². The Kier molecular flexibility index (Phi) is 6.42. The van der Waals surface area contributed by atoms with Gasteiger partial charge >= 0.3 is 0 Å². The number of hydrogen-bond acceptors (Lipinski definition) is 3. The molecule has 10 aromatic rings. The van der Waals surface area contributed by atoms with Gasteiger partial charge in [0.2, 0.25) is 0 Å². The Morgan fingerprint density at radius 1 is 0.320 bits per heavy atom. The minimum Gasteiger partial charge on any atom is -0.309 e. The van der Waals surface area contributed by atoms with Gasteiger partial charge in [0, 0.05) is 39.6 Å². The fourth-order valence-electron chi connectivity index (χ4n) is 7.37. The van der Waals surface area contributed by atoms with E-state index in [1.807, 2.05) is 48.8 Å². The molecule has 5 heterocycles. The fourth-order valence-corrected chi connectivity index (χ4v) is 7.37. The summed E-state index contributed by atoms with van der Waals surface area (Å²) in [5.41, 5.74) is 12.4. The van der Waals surface area contributed by atoms with Crippen molar-refractivity contribution in [3.63, 3.8) is 0 Å². The summed E-state index contributed by atoms with van der Waals surface area (Å²) in [5.74, 6) is 0. The number of nitrogens with zero attached hydrogens (tertiary/aromatic N) is 5. The minimum atomic E-state index is 0.800. The summed E-state index contributed by atoms with van der Waals surface area (Å²) in [6.45, 7) is 0. The van der Waals surface area contributed by atoms with Gasteiger partial charge < -0.3 is 9.13 Å². The van der Waals surface area contributed by atoms with E-state index in [9.17, 15) is 0 Å². The van der Waals surface area contributed by atoms with Crippen LogP contribution in [0.4, 0.5) is 0 Å². The molecule has 0 aliphatic heterocycles. The predicted octanol–water partition coefficient (Wildman–Crippen LogP) is 11.1. The minimum absolute atomic E-state index is 0.800. The molecule has 0 aliphatic rings. The van der Waals surface area contributed by atoms with Gasteiger partial charge in [0.05, 0.1) is 50.5 Å². The number of para-hydroxylation sites is 3. The number of fused-ring (bicyclic) bond motifs is 6. The molecule has 0 bridgehead atoms. The van der Waals surface area contributed by atoms with Crippen molar-refractivity contribution in [1.82, 2.24) is 24.1 Å². The van der Waals surface area contributed by atoms with Crippen LogP contribution in [-0.4, -0.2) is 24.1 Å². The third-order valence-corrected chi connectivity index (χ3v) is 9.62. The second kappa shape index (κ2) is 11.4. The van der Waals surface area contributed by atoms with Gasteiger partial charge in [0.25, 0.3) is 0 Å². The molecule has 0 amide bonds. The fraction of sp³-hybridized carbons (Fsp3) is 0. The van der Waals surface area contributed by atoms with Crippen LogP contribution in [0.5, 0.6) is 0 Å². The highest BCUT2D eigenvalue weighted by molar-refractivity contribution is 6.12. The van der Waals surface area contributed by atoms with E-state index in [1.165, 1.54) is 43.7 Å². The number of aromatic nitrogens is 5. The van der Waals surface area contributed by atoms with Crippen molar-refractivity contribution < 1.29 is 0 Å². The van der Waals surface area contributed by atoms with Crippen LogP contribution in [0.15, 0.2) is 176 Å². The van der Waals surface area contributed by atoms with E-state index >= 15 is 0 Å². The van der Waals surface area contributed by atoms with Crippen molar-refractivity contribution in [3.05, 3.63) is 176 Å². The van der Waals surface area contributed by atoms with Crippen LogP contribution >= 0.6 is 0 Å². The first-order valence-corrected chi connectivity index (χ1v) is 16.8. The van der Waals surface area contributed by atoms with Crippen molar-refractivity contribution in [2.45, 2.75) is 0 Å². The Morgan fingerprint density at radius 2 is 0.780 bits per heavy atom. The smallest absolute Gasteiger partial charge is 0.0915 e. The molecule has 5 heteroatoms. The molecular weight excluding hydrogens is 611 g/mol. The van der Waals surface area contributed by atoms with Crippen LogP contribution in [0, 0.1) is 0 Å². The molecule has 10 rings (SSSR count). The van der Waals surface area contributed by atoms with Crippen molar-refractivity contribution in [3.8, 4) is 45.3 Å². The zero-order valence-corrected chi connectivity index (χ0v) is 27.0. The molecule has 5 nitrogen and oxygen atoms in total. The van der Waals surface area contributed by atoms with E-state index < -0.39 is 0 Å². The first-order chi connectivity index (χ1) is 24.8. The van der Waals surface area contributed by atoms with Crippen LogP contribution in [0.1, 0.15) is 0 Å². The predicted molar refractivity (Wildman–Crippen MR) is 205 cm³/mol. The molecule has 0 spiro atoms. The van der Waals surface area contributed by atoms with E-state index in [-0.39, 0.29) is 0 Å². The van der Waals surface area contributed by atoms with E-state index in [1.54, 1.807) is 0 Å². The summed E-state index contributed by atoms with van der Waals surface area (Å²) < 4.78 is 4.70. The summed E-state index contributed by atoms with van der Waals surface area (Å²) in [4.78, 5) is 14.3. The second-order valence-electron chi connectivity index (χ2n) is 12.5. The van der Waals surface area contributed by atoms with Crippen molar-refractivity contribution in [2.24, 2.45) is 0 Å². The van der Waals surface area contributed by atoms with Gasteiger partial charge in [-0.1, -0.05) is 78.9 Å². The first-order valence-electron chi connectivity index (χ1n) is 16.8. The SMILES string of the molecule is c1ccc(-n2c3ccccc3c3cc(-c4ccc5c(c4)c4ccccc4n5-c4cc(-c5ccccn5)nc(-c5ccccn5)c4)ccc32)cc1. The van der Waals surface area contributed by atoms with Gasteiger partial charge in [-0.25, -0.2) is 4.98 Å². The number of pyridine rings is 3. The highest BCUT2D eigenvalue weighted by Gasteiger charge is 2.18. The summed E-state index contributed by atoms with van der Waals surface area (Å²) in [6.07, 6.45) is 3.62. The molecule has 0 unspecified atom stereocenters. The molecule has 5 aromatic heterocycles. The lowest BCUT2D eigenvalue weighted by atomic mass is 10.0. The Labute approximate surface area is 288 Å². The summed E-state index contributed by atoms with van der Waals surface area (Å²) in [5, 5.41) is 4.88. The average molecular weight is 640 g/mol. The van der Waals surface area contributed by atoms with Crippen LogP contribution in [0.25, 0.3) is 88.9 Å². The van der Waals surface area contributed by atoms with Gasteiger partial charge in [-0.3, -0.25) is 9.97 Å². The molecule has 0 saturated carbocycles. The number of rotatable bonds is 5. The third kappa shape index (κ3) is 4.52. The van der Waals surface area contributed by atoms with E-state index in [0.29, 0.717) is 0 Å². The maximum atomic E-state index is 5.03. The Hall–Kier alpha value is -6.85. The molecule has 0 radical (unpaired) electrons. The van der Waals surface area contributed by atoms with Gasteiger partial charge in [0.1, 0.15) is 0 Å². The van der Waals surface area contributed by atoms with Crippen molar-refractivity contribution in [1.29, 1.82) is 0 Å². The average Bonchev–Trinajstić information content (AvgIpc) is 3.71. The monoisotopic (exact) mass is 639 g/mol. The summed E-state index contributed by atoms with van der Waals surface area (Å²) >= 11 is 0. The van der Waals surface area contributed by atoms with E-state index in [2.05, 4.69) is 146 Å². The van der Waals surface area contributed by atoms with E-state index in [4.69, 9.17) is 4.98 Å². The largest absolute Gasteiger partial charge is 0.309 e. The van der Waals surface area contributed by atoms with Crippen LogP contribution < -0.4 is 0 Å². The van der Waals surface area contributed by atoms with Gasteiger partial charge in [0.15, 0.2) is 0 Å². The highest BCUT2D eigenvalue weighted by Crippen LogP contribution is 2.39. The zero-order chi connectivity index (χ0) is 33.0. The number of benzene rings is 5. The molecular formula is C45H29N5. The quantitative estimate of drug-likeness (QED) is 0.188. The second-order valence-corrected chi connectivity index (χ2v) is 12.5. The lowest BCUT2D eigenvalue weighted by Crippen LogP contribution is -1.99. The van der Waals surface area contributed by atoms with E-state index in [0.717, 1.165) is 45.2 Å². The Morgan fingerprint density at radius 3 is 1.30 bits per heavy atom. The van der Waals surface area contributed by atoms with Crippen LogP contribution in [0.2, 0.25) is 0 Å². The standard InChI is InChI=1S/C45H29N5/c1-2-12-32(13-3-1)49-42-18-6-4-14-34(42)36-26-30(20-22-44(36)49)31-21-23-45-37(27-31)35-15-5-7-19-43(35)50(45)33-28-40(38-16-8-10-24-46-38)48-41(29-33)39-17-9-11-25-47-39/h1-29H. The topological polar surface area (TPSA) is 48.5 Å². The molecule has 234 valence electrons. The first kappa shape index (κ1) is 28.2.